The van der Waals surface area contributed by atoms with Gasteiger partial charge in [-0.25, -0.2) is 0 Å². The molecule has 0 spiro atoms. The van der Waals surface area contributed by atoms with Crippen LogP contribution < -0.4 is 10.6 Å². The first-order valence-electron chi connectivity index (χ1n) is 8.29. The maximum Gasteiger partial charge on any atom is 0.256 e. The summed E-state index contributed by atoms with van der Waals surface area (Å²) in [6, 6.07) is 17.3. The van der Waals surface area contributed by atoms with Crippen LogP contribution in [0.3, 0.4) is 0 Å². The molecular formula is C21H17N3O2. The number of hydrogen-bond acceptors (Lipinski definition) is 2. The van der Waals surface area contributed by atoms with Crippen molar-refractivity contribution < 1.29 is 9.59 Å². The summed E-state index contributed by atoms with van der Waals surface area (Å²) in [6.07, 6.45) is 3.67. The molecule has 5 heteroatoms. The topological polar surface area (TPSA) is 74.0 Å². The number of carbonyl (C=O) groups excluding carboxylic acids is 2. The van der Waals surface area contributed by atoms with Crippen LogP contribution in [-0.2, 0) is 9.59 Å². The van der Waals surface area contributed by atoms with Gasteiger partial charge in [0.25, 0.3) is 5.91 Å². The van der Waals surface area contributed by atoms with E-state index in [4.69, 9.17) is 0 Å². The lowest BCUT2D eigenvalue weighted by Crippen LogP contribution is -2.05. The van der Waals surface area contributed by atoms with Crippen LogP contribution in [0.4, 0.5) is 11.4 Å². The zero-order valence-electron chi connectivity index (χ0n) is 14.2. The van der Waals surface area contributed by atoms with Crippen molar-refractivity contribution in [1.29, 1.82) is 0 Å². The lowest BCUT2D eigenvalue weighted by molar-refractivity contribution is -0.114. The Morgan fingerprint density at radius 3 is 2.65 bits per heavy atom. The predicted octanol–water partition coefficient (Wildman–Crippen LogP) is 4.13. The first kappa shape index (κ1) is 15.9. The predicted molar refractivity (Wildman–Crippen MR) is 103 cm³/mol. The van der Waals surface area contributed by atoms with Gasteiger partial charge < -0.3 is 15.6 Å². The fourth-order valence-electron chi connectivity index (χ4n) is 3.09. The maximum atomic E-state index is 12.3. The van der Waals surface area contributed by atoms with Gasteiger partial charge in [-0.2, -0.15) is 0 Å². The van der Waals surface area contributed by atoms with E-state index in [0.717, 1.165) is 33.8 Å². The summed E-state index contributed by atoms with van der Waals surface area (Å²) < 4.78 is 0. The van der Waals surface area contributed by atoms with E-state index < -0.39 is 0 Å². The third kappa shape index (κ3) is 3.02. The quantitative estimate of drug-likeness (QED) is 0.626. The van der Waals surface area contributed by atoms with Crippen LogP contribution in [0.5, 0.6) is 0 Å². The molecule has 4 rings (SSSR count). The van der Waals surface area contributed by atoms with Gasteiger partial charge >= 0.3 is 0 Å². The van der Waals surface area contributed by atoms with Gasteiger partial charge in [0.05, 0.1) is 5.57 Å². The zero-order chi connectivity index (χ0) is 18.1. The number of amides is 2. The average molecular weight is 343 g/mol. The molecule has 0 saturated heterocycles. The summed E-state index contributed by atoms with van der Waals surface area (Å²) in [5, 5.41) is 5.71. The minimum Gasteiger partial charge on any atom is -0.362 e. The number of benzene rings is 2. The average Bonchev–Trinajstić information content (AvgIpc) is 3.23. The summed E-state index contributed by atoms with van der Waals surface area (Å²) in [5.41, 5.74) is 5.87. The van der Waals surface area contributed by atoms with Crippen LogP contribution in [0.2, 0.25) is 0 Å². The summed E-state index contributed by atoms with van der Waals surface area (Å²) in [7, 11) is 0. The number of nitrogens with one attached hydrogen (secondary N) is 3. The highest BCUT2D eigenvalue weighted by atomic mass is 16.2. The second kappa shape index (κ2) is 6.37. The van der Waals surface area contributed by atoms with Gasteiger partial charge in [0.1, 0.15) is 0 Å². The fourth-order valence-corrected chi connectivity index (χ4v) is 3.09. The monoisotopic (exact) mass is 343 g/mol. The summed E-state index contributed by atoms with van der Waals surface area (Å²) in [5.74, 6) is -0.221. The normalized spacial score (nSPS) is 14.2. The Balaban J connectivity index is 1.70. The molecule has 2 amide bonds. The van der Waals surface area contributed by atoms with Gasteiger partial charge in [-0.1, -0.05) is 24.3 Å². The molecule has 1 aliphatic rings. The lowest BCUT2D eigenvalue weighted by atomic mass is 9.99. The van der Waals surface area contributed by atoms with Gasteiger partial charge in [-0.3, -0.25) is 9.59 Å². The van der Waals surface area contributed by atoms with Crippen LogP contribution in [-0.4, -0.2) is 16.8 Å². The fraction of sp³-hybridized carbons (Fsp3) is 0.0476. The molecule has 128 valence electrons. The number of anilines is 2. The van der Waals surface area contributed by atoms with Crippen molar-refractivity contribution in [2.75, 3.05) is 10.6 Å². The molecular weight excluding hydrogens is 326 g/mol. The molecule has 0 saturated carbocycles. The maximum absolute atomic E-state index is 12.3. The summed E-state index contributed by atoms with van der Waals surface area (Å²) in [4.78, 5) is 26.7. The second-order valence-electron chi connectivity index (χ2n) is 6.16. The zero-order valence-corrected chi connectivity index (χ0v) is 14.2. The molecule has 0 fully saturated rings. The number of aromatic nitrogens is 1. The molecule has 26 heavy (non-hydrogen) atoms. The summed E-state index contributed by atoms with van der Waals surface area (Å²) >= 11 is 0. The van der Waals surface area contributed by atoms with Crippen molar-refractivity contribution in [2.24, 2.45) is 0 Å². The molecule has 0 atom stereocenters. The van der Waals surface area contributed by atoms with E-state index in [2.05, 4.69) is 15.6 Å². The van der Waals surface area contributed by atoms with Gasteiger partial charge in [0.2, 0.25) is 5.91 Å². The lowest BCUT2D eigenvalue weighted by Gasteiger charge is -2.08. The molecule has 5 nitrogen and oxygen atoms in total. The van der Waals surface area contributed by atoms with Crippen molar-refractivity contribution in [2.45, 2.75) is 6.92 Å². The third-order valence-corrected chi connectivity index (χ3v) is 4.24. The second-order valence-corrected chi connectivity index (χ2v) is 6.16. The minimum atomic E-state index is -0.112. The Kier molecular flexibility index (Phi) is 3.89. The van der Waals surface area contributed by atoms with Crippen LogP contribution in [0, 0.1) is 0 Å². The number of aromatic amines is 1. The van der Waals surface area contributed by atoms with Crippen molar-refractivity contribution >= 4 is 34.8 Å². The van der Waals surface area contributed by atoms with E-state index in [0.29, 0.717) is 5.57 Å². The molecule has 3 N–H and O–H groups in total. The number of H-pyrrole nitrogens is 1. The number of rotatable bonds is 3. The number of fused-ring (bicyclic) bond motifs is 1. The van der Waals surface area contributed by atoms with Crippen molar-refractivity contribution in [3.8, 4) is 11.1 Å². The molecule has 1 aromatic heterocycles. The Morgan fingerprint density at radius 1 is 1.04 bits per heavy atom. The Hall–Kier alpha value is -3.60. The minimum absolute atomic E-state index is 0.109. The van der Waals surface area contributed by atoms with Gasteiger partial charge in [-0.05, 0) is 47.5 Å². The van der Waals surface area contributed by atoms with Crippen LogP contribution in [0.25, 0.3) is 22.8 Å². The molecule has 1 aliphatic heterocycles. The van der Waals surface area contributed by atoms with E-state index in [1.807, 2.05) is 66.9 Å². The van der Waals surface area contributed by atoms with Crippen molar-refractivity contribution in [3.63, 3.8) is 0 Å². The van der Waals surface area contributed by atoms with E-state index in [9.17, 15) is 9.59 Å². The molecule has 0 bridgehead atoms. The molecule has 2 heterocycles. The Labute approximate surface area is 150 Å². The smallest absolute Gasteiger partial charge is 0.256 e. The highest BCUT2D eigenvalue weighted by molar-refractivity contribution is 6.35. The standard InChI is InChI=1S/C21H17N3O2/c1-13(25)23-17-5-2-4-14(10-17)15-7-8-18-19(12-16-6-3-9-22-16)21(26)24-20(18)11-15/h2-12,22H,1H3,(H,23,25)(H,24,26)/b19-12-. The molecule has 2 aromatic carbocycles. The van der Waals surface area contributed by atoms with Gasteiger partial charge in [-0.15, -0.1) is 0 Å². The molecule has 0 aliphatic carbocycles. The summed E-state index contributed by atoms with van der Waals surface area (Å²) in [6.45, 7) is 1.48. The Bertz CT molecular complexity index is 1030. The van der Waals surface area contributed by atoms with Crippen molar-refractivity contribution in [1.82, 2.24) is 4.98 Å². The van der Waals surface area contributed by atoms with Crippen LogP contribution >= 0.6 is 0 Å². The van der Waals surface area contributed by atoms with E-state index in [1.54, 1.807) is 0 Å². The van der Waals surface area contributed by atoms with E-state index in [-0.39, 0.29) is 11.8 Å². The SMILES string of the molecule is CC(=O)Nc1cccc(-c2ccc3c(c2)NC(=O)/C3=C\c2ccc[nH]2)c1. The Morgan fingerprint density at radius 2 is 1.88 bits per heavy atom. The molecule has 0 unspecified atom stereocenters. The van der Waals surface area contributed by atoms with Crippen LogP contribution in [0.15, 0.2) is 60.8 Å². The van der Waals surface area contributed by atoms with Crippen molar-refractivity contribution in [3.05, 3.63) is 72.1 Å². The largest absolute Gasteiger partial charge is 0.362 e. The van der Waals surface area contributed by atoms with Gasteiger partial charge in [0.15, 0.2) is 0 Å². The highest BCUT2D eigenvalue weighted by Gasteiger charge is 2.24. The van der Waals surface area contributed by atoms with E-state index >= 15 is 0 Å². The first-order chi connectivity index (χ1) is 12.6. The number of carbonyl (C=O) groups is 2. The first-order valence-corrected chi connectivity index (χ1v) is 8.29. The van der Waals surface area contributed by atoms with E-state index in [1.165, 1.54) is 6.92 Å². The number of hydrogen-bond donors (Lipinski definition) is 3. The van der Waals surface area contributed by atoms with Crippen LogP contribution in [0.1, 0.15) is 18.2 Å². The highest BCUT2D eigenvalue weighted by Crippen LogP contribution is 2.36. The molecule has 0 radical (unpaired) electrons. The third-order valence-electron chi connectivity index (χ3n) is 4.24. The van der Waals surface area contributed by atoms with Gasteiger partial charge in [0, 0.05) is 35.8 Å². The molecule has 3 aromatic rings.